The Kier molecular flexibility index (Phi) is 15.0. The summed E-state index contributed by atoms with van der Waals surface area (Å²) in [4.78, 5) is 9.10. The van der Waals surface area contributed by atoms with Gasteiger partial charge in [-0.3, -0.25) is 4.79 Å². The number of hydrogen-bond donors (Lipinski definition) is 0. The quantitative estimate of drug-likeness (QED) is 0.441. The van der Waals surface area contributed by atoms with Crippen molar-refractivity contribution < 1.29 is 9.53 Å². The zero-order valence-electron chi connectivity index (χ0n) is 2.48. The van der Waals surface area contributed by atoms with Crippen molar-refractivity contribution in [2.45, 2.75) is 0 Å². The predicted molar refractivity (Wildman–Crippen MR) is 27.8 cm³/mol. The van der Waals surface area contributed by atoms with E-state index in [2.05, 4.69) is 4.74 Å². The minimum absolute atomic E-state index is 0. The van der Waals surface area contributed by atoms with Crippen LogP contribution in [0.5, 0.6) is 0 Å². The number of carbonyl (C=O) groups excluding carboxylic acids is 1. The van der Waals surface area contributed by atoms with E-state index in [0.717, 1.165) is 0 Å². The van der Waals surface area contributed by atoms with E-state index in [4.69, 9.17) is 16.4 Å². The molecule has 0 aliphatic heterocycles. The molecule has 0 aromatic heterocycles. The van der Waals surface area contributed by atoms with Gasteiger partial charge in [0.05, 0.1) is 0 Å². The van der Waals surface area contributed by atoms with E-state index in [1.54, 1.807) is 0 Å². The van der Waals surface area contributed by atoms with Gasteiger partial charge < -0.3 is 4.74 Å². The van der Waals surface area contributed by atoms with Gasteiger partial charge in [0.25, 0.3) is 6.47 Å². The minimum atomic E-state index is -0.0521. The normalized spacial score (nSPS) is 5.50. The summed E-state index contributed by atoms with van der Waals surface area (Å²) < 4.78 is 3.92. The molecule has 0 saturated carbocycles. The van der Waals surface area contributed by atoms with Crippen molar-refractivity contribution in [2.24, 2.45) is 0 Å². The molecule has 2 nitrogen and oxygen atoms in total. The molecule has 0 atom stereocenters. The molecule has 36 valence electrons. The number of hydrogen-bond acceptors (Lipinski definition) is 2. The summed E-state index contributed by atoms with van der Waals surface area (Å²) in [5.41, 5.74) is 0. The van der Waals surface area contributed by atoms with E-state index < -0.39 is 0 Å². The summed E-state index contributed by atoms with van der Waals surface area (Å²) in [7, 11) is 0. The fraction of sp³-hybridized carbons (Fsp3) is 0.500. The van der Waals surface area contributed by atoms with Crippen LogP contribution in [0.25, 0.3) is 0 Å². The summed E-state index contributed by atoms with van der Waals surface area (Å²) in [5.74, 6) is 0. The molecule has 0 bridgehead atoms. The first-order valence-electron chi connectivity index (χ1n) is 1.03. The molecule has 0 spiro atoms. The summed E-state index contributed by atoms with van der Waals surface area (Å²) in [5, 5.41) is 0. The number of carbonyl (C=O) groups is 1. The second-order valence-corrected chi connectivity index (χ2v) is 0.590. The number of ether oxygens (including phenoxy) is 1. The van der Waals surface area contributed by atoms with Gasteiger partial charge in [-0.2, -0.15) is 0 Å². The summed E-state index contributed by atoms with van der Waals surface area (Å²) in [6.45, 7) is 0.299. The fourth-order valence-electron chi connectivity index (χ4n) is 0.0257. The van der Waals surface area contributed by atoms with Crippen LogP contribution in [0.1, 0.15) is 0 Å². The van der Waals surface area contributed by atoms with Crippen LogP contribution in [0, 0.1) is 0 Å². The molecule has 4 heteroatoms. The van der Waals surface area contributed by atoms with Crippen LogP contribution in [0.15, 0.2) is 0 Å². The van der Waals surface area contributed by atoms with Crippen LogP contribution in [0.4, 0.5) is 0 Å². The Labute approximate surface area is 59.6 Å². The third-order valence-corrected chi connectivity index (χ3v) is 0.257. The average molecular weight is 212 g/mol. The molecule has 6 heavy (non-hydrogen) atoms. The van der Waals surface area contributed by atoms with Gasteiger partial charge in [-0.05, 0) is 0 Å². The summed E-state index contributed by atoms with van der Waals surface area (Å²) in [6, 6.07) is -0.0521. The summed E-state index contributed by atoms with van der Waals surface area (Å²) >= 11 is 4.85. The maximum absolute atomic E-state index is 9.10. The van der Waals surface area contributed by atoms with Crippen LogP contribution >= 0.6 is 11.6 Å². The third-order valence-electron chi connectivity index (χ3n) is 0.131. The maximum atomic E-state index is 9.10. The number of rotatable bonds is 2. The number of alkyl halides is 1. The van der Waals surface area contributed by atoms with E-state index in [9.17, 15) is 0 Å². The van der Waals surface area contributed by atoms with Crippen LogP contribution in [-0.4, -0.2) is 38.4 Å². The molecule has 0 aliphatic carbocycles. The van der Waals surface area contributed by atoms with E-state index in [1.165, 1.54) is 0 Å². The van der Waals surface area contributed by atoms with Crippen molar-refractivity contribution in [2.75, 3.05) is 6.07 Å². The third kappa shape index (κ3) is 8.82. The van der Waals surface area contributed by atoms with Gasteiger partial charge in [0.1, 0.15) is 0 Å². The standard InChI is InChI=1S/C2H3ClO2.In.3H/c3-1-5-2-4;;;;/h2H,1H2;;;;. The zero-order valence-corrected chi connectivity index (χ0v) is 3.23. The fourth-order valence-corrected chi connectivity index (χ4v) is 0.0772. The Morgan fingerprint density at radius 3 is 2.33 bits per heavy atom. The van der Waals surface area contributed by atoms with Gasteiger partial charge in [0.2, 0.25) is 0 Å². The monoisotopic (exact) mass is 212 g/mol. The van der Waals surface area contributed by atoms with Crippen molar-refractivity contribution in [3.05, 3.63) is 0 Å². The first kappa shape index (κ1) is 9.80. The van der Waals surface area contributed by atoms with Crippen LogP contribution in [0.3, 0.4) is 0 Å². The van der Waals surface area contributed by atoms with E-state index >= 15 is 0 Å². The Morgan fingerprint density at radius 2 is 2.33 bits per heavy atom. The van der Waals surface area contributed by atoms with Gasteiger partial charge >= 0.3 is 25.8 Å². The molecule has 0 radical (unpaired) electrons. The molecule has 0 aromatic rings. The topological polar surface area (TPSA) is 26.3 Å². The molecular weight excluding hydrogens is 206 g/mol. The Bertz CT molecular complexity index is 32.7. The Hall–Kier alpha value is 0.630. The second-order valence-electron chi connectivity index (χ2n) is 0.372. The van der Waals surface area contributed by atoms with E-state index in [-0.39, 0.29) is 31.9 Å². The van der Waals surface area contributed by atoms with Gasteiger partial charge in [-0.25, -0.2) is 0 Å². The summed E-state index contributed by atoms with van der Waals surface area (Å²) in [6.07, 6.45) is 0. The zero-order chi connectivity index (χ0) is 4.12. The molecule has 0 unspecified atom stereocenters. The first-order valence-corrected chi connectivity index (χ1v) is 1.56. The van der Waals surface area contributed by atoms with Crippen molar-refractivity contribution in [3.8, 4) is 0 Å². The number of halogens is 1. The molecule has 0 amide bonds. The van der Waals surface area contributed by atoms with E-state index in [0.29, 0.717) is 6.47 Å². The van der Waals surface area contributed by atoms with Gasteiger partial charge in [-0.1, -0.05) is 11.6 Å². The van der Waals surface area contributed by atoms with Crippen LogP contribution < -0.4 is 0 Å². The van der Waals surface area contributed by atoms with Crippen LogP contribution in [-0.2, 0) is 9.53 Å². The average Bonchev–Trinajstić information content (AvgIpc) is 1.41. The van der Waals surface area contributed by atoms with Crippen molar-refractivity contribution >= 4 is 43.9 Å². The molecule has 0 fully saturated rings. The predicted octanol–water partition coefficient (Wildman–Crippen LogP) is -0.828. The van der Waals surface area contributed by atoms with Crippen LogP contribution in [0.2, 0.25) is 0 Å². The van der Waals surface area contributed by atoms with Crippen molar-refractivity contribution in [3.63, 3.8) is 0 Å². The SMILES string of the molecule is O=COCCl.[InH3]. The molecule has 0 aromatic carbocycles. The Morgan fingerprint density at radius 1 is 1.83 bits per heavy atom. The van der Waals surface area contributed by atoms with E-state index in [1.807, 2.05) is 0 Å². The molecule has 0 N–H and O–H groups in total. The van der Waals surface area contributed by atoms with Crippen molar-refractivity contribution in [1.82, 2.24) is 0 Å². The van der Waals surface area contributed by atoms with Crippen molar-refractivity contribution in [1.29, 1.82) is 0 Å². The molecule has 0 rings (SSSR count). The molecular formula is C2H6ClInO2. The van der Waals surface area contributed by atoms with Gasteiger partial charge in [0.15, 0.2) is 6.07 Å². The van der Waals surface area contributed by atoms with Gasteiger partial charge in [-0.15, -0.1) is 0 Å². The molecule has 0 saturated heterocycles. The molecule has 0 heterocycles. The Balaban J connectivity index is 0. The second kappa shape index (κ2) is 9.16. The van der Waals surface area contributed by atoms with Gasteiger partial charge in [0, 0.05) is 0 Å². The first-order chi connectivity index (χ1) is 2.41. The molecule has 0 aliphatic rings.